The molecular formula is C31H32N10O4. The summed E-state index contributed by atoms with van der Waals surface area (Å²) in [5.74, 6) is 1.43. The number of amides is 4. The van der Waals surface area contributed by atoms with Crippen LogP contribution < -0.4 is 15.5 Å². The van der Waals surface area contributed by atoms with Gasteiger partial charge in [-0.1, -0.05) is 0 Å². The molecule has 8 rings (SSSR count). The van der Waals surface area contributed by atoms with E-state index in [4.69, 9.17) is 9.72 Å². The van der Waals surface area contributed by atoms with E-state index in [-0.39, 0.29) is 48.9 Å². The van der Waals surface area contributed by atoms with Crippen molar-refractivity contribution in [3.05, 3.63) is 65.9 Å². The number of likely N-dealkylation sites (N-methyl/N-ethyl adjacent to an activating group) is 1. The van der Waals surface area contributed by atoms with Gasteiger partial charge in [-0.05, 0) is 56.7 Å². The lowest BCUT2D eigenvalue weighted by molar-refractivity contribution is -0.144. The zero-order valence-electron chi connectivity index (χ0n) is 25.1. The van der Waals surface area contributed by atoms with Gasteiger partial charge in [0, 0.05) is 49.2 Å². The molecule has 2 saturated heterocycles. The molecule has 1 spiro atoms. The van der Waals surface area contributed by atoms with Gasteiger partial charge in [-0.2, -0.15) is 0 Å². The molecule has 4 aromatic rings. The molecule has 4 amide bonds. The Bertz CT molecular complexity index is 1880. The largest absolute Gasteiger partial charge is 0.375 e. The number of fused-ring (bicyclic) bond motifs is 1. The smallest absolute Gasteiger partial charge is 0.332 e. The van der Waals surface area contributed by atoms with Crippen LogP contribution in [0.4, 0.5) is 22.1 Å². The van der Waals surface area contributed by atoms with Crippen molar-refractivity contribution in [2.45, 2.75) is 56.5 Å². The first-order valence-corrected chi connectivity index (χ1v) is 15.1. The summed E-state index contributed by atoms with van der Waals surface area (Å²) >= 11 is 0. The molecule has 2 aliphatic heterocycles. The predicted octanol–water partition coefficient (Wildman–Crippen LogP) is 3.18. The van der Waals surface area contributed by atoms with Gasteiger partial charge in [0.2, 0.25) is 5.91 Å². The minimum absolute atomic E-state index is 0.00536. The van der Waals surface area contributed by atoms with E-state index in [2.05, 4.69) is 36.8 Å². The van der Waals surface area contributed by atoms with Crippen LogP contribution in [0.25, 0.3) is 5.65 Å². The summed E-state index contributed by atoms with van der Waals surface area (Å²) in [7, 11) is 1.51. The van der Waals surface area contributed by atoms with Crippen molar-refractivity contribution in [3.8, 4) is 0 Å². The van der Waals surface area contributed by atoms with Crippen LogP contribution in [0, 0.1) is 12.8 Å². The maximum Gasteiger partial charge on any atom is 0.332 e. The average Bonchev–Trinajstić information content (AvgIpc) is 3.93. The van der Waals surface area contributed by atoms with E-state index in [1.165, 1.54) is 18.3 Å². The Labute approximate surface area is 258 Å². The van der Waals surface area contributed by atoms with Crippen LogP contribution in [-0.4, -0.2) is 77.9 Å². The van der Waals surface area contributed by atoms with Crippen LogP contribution in [0.1, 0.15) is 66.8 Å². The van der Waals surface area contributed by atoms with Crippen molar-refractivity contribution in [1.29, 1.82) is 0 Å². The molecule has 45 heavy (non-hydrogen) atoms. The van der Waals surface area contributed by atoms with Crippen molar-refractivity contribution in [3.63, 3.8) is 0 Å². The molecule has 2 saturated carbocycles. The SMILES string of the molecule is Cc1ccnc([C@H]2C[C@@H]2C(=O)Nc2cc(NC(C)c3cn4cc(C5CC5)cc(N5C(=O)N(C)C(=O)C56COC6)c4n3)ncn2)n1. The Hall–Kier alpha value is -4.98. The van der Waals surface area contributed by atoms with Crippen LogP contribution in [0.5, 0.6) is 0 Å². The number of carbonyl (C=O) groups excluding carboxylic acids is 3. The Balaban J connectivity index is 1.03. The standard InChI is InChI=1S/C31H32N10O4/c1-16-6-7-32-26(35-16)20-9-21(20)28(42)38-25-10-24(33-15-34-25)36-17(2)22-12-40-11-19(18-4-5-18)8-23(27(40)37-22)41-30(44)39(3)29(43)31(41)13-45-14-31/h6-8,10-12,15,17-18,20-21H,4-5,9,13-14H2,1-3H3,(H2,33,34,36,38,42)/t17?,20-,21-/m0/s1. The average molecular weight is 609 g/mol. The molecule has 2 N–H and O–H groups in total. The lowest BCUT2D eigenvalue weighted by Gasteiger charge is -2.41. The van der Waals surface area contributed by atoms with Crippen molar-refractivity contribution in [1.82, 2.24) is 34.2 Å². The topological polar surface area (TPSA) is 160 Å². The van der Waals surface area contributed by atoms with Gasteiger partial charge in [0.1, 0.15) is 23.8 Å². The Kier molecular flexibility index (Phi) is 6.14. The van der Waals surface area contributed by atoms with Gasteiger partial charge >= 0.3 is 6.03 Å². The second-order valence-electron chi connectivity index (χ2n) is 12.5. The highest BCUT2D eigenvalue weighted by Crippen LogP contribution is 2.47. The summed E-state index contributed by atoms with van der Waals surface area (Å²) in [5.41, 5.74) is 2.84. The van der Waals surface area contributed by atoms with E-state index in [9.17, 15) is 14.4 Å². The van der Waals surface area contributed by atoms with Crippen molar-refractivity contribution in [2.75, 3.05) is 35.8 Å². The third kappa shape index (κ3) is 4.58. The van der Waals surface area contributed by atoms with E-state index in [0.717, 1.165) is 29.8 Å². The quantitative estimate of drug-likeness (QED) is 0.284. The van der Waals surface area contributed by atoms with Crippen molar-refractivity contribution in [2.24, 2.45) is 5.92 Å². The van der Waals surface area contributed by atoms with Gasteiger partial charge < -0.3 is 19.8 Å². The number of aryl methyl sites for hydroxylation is 1. The van der Waals surface area contributed by atoms with E-state index in [1.807, 2.05) is 36.6 Å². The monoisotopic (exact) mass is 608 g/mol. The maximum atomic E-state index is 13.4. The highest BCUT2D eigenvalue weighted by Gasteiger charge is 2.62. The number of imidazole rings is 1. The first-order chi connectivity index (χ1) is 21.7. The number of ether oxygens (including phenoxy) is 1. The van der Waals surface area contributed by atoms with Crippen LogP contribution >= 0.6 is 0 Å². The summed E-state index contributed by atoms with van der Waals surface area (Å²) in [6.45, 7) is 4.17. The molecular weight excluding hydrogens is 576 g/mol. The molecule has 14 nitrogen and oxygen atoms in total. The molecule has 0 bridgehead atoms. The van der Waals surface area contributed by atoms with Gasteiger partial charge in [-0.3, -0.25) is 19.4 Å². The number of pyridine rings is 1. The van der Waals surface area contributed by atoms with Crippen LogP contribution in [0.2, 0.25) is 0 Å². The maximum absolute atomic E-state index is 13.4. The second-order valence-corrected chi connectivity index (χ2v) is 12.5. The number of rotatable bonds is 8. The number of hydrogen-bond acceptors (Lipinski definition) is 10. The molecule has 1 unspecified atom stereocenters. The number of hydrogen-bond donors (Lipinski definition) is 2. The molecule has 14 heteroatoms. The Morgan fingerprint density at radius 2 is 1.89 bits per heavy atom. The minimum Gasteiger partial charge on any atom is -0.375 e. The first-order valence-electron chi connectivity index (χ1n) is 15.1. The lowest BCUT2D eigenvalue weighted by Crippen LogP contribution is -2.64. The normalized spacial score (nSPS) is 22.6. The summed E-state index contributed by atoms with van der Waals surface area (Å²) in [4.78, 5) is 64.5. The number of nitrogens with zero attached hydrogens (tertiary/aromatic N) is 8. The third-order valence-electron chi connectivity index (χ3n) is 9.15. The van der Waals surface area contributed by atoms with Gasteiger partial charge in [0.05, 0.1) is 30.6 Å². The molecule has 0 aromatic carbocycles. The minimum atomic E-state index is -1.04. The highest BCUT2D eigenvalue weighted by molar-refractivity contribution is 6.18. The molecule has 4 fully saturated rings. The zero-order chi connectivity index (χ0) is 31.0. The van der Waals surface area contributed by atoms with Crippen molar-refractivity contribution < 1.29 is 19.1 Å². The lowest BCUT2D eigenvalue weighted by atomic mass is 9.95. The molecule has 0 radical (unpaired) electrons. The molecule has 230 valence electrons. The Morgan fingerprint density at radius 1 is 1.09 bits per heavy atom. The first kappa shape index (κ1) is 27.6. The Morgan fingerprint density at radius 3 is 2.62 bits per heavy atom. The number of nitrogens with one attached hydrogen (secondary N) is 2. The van der Waals surface area contributed by atoms with Gasteiger partial charge in [0.15, 0.2) is 11.2 Å². The zero-order valence-corrected chi connectivity index (χ0v) is 25.1. The van der Waals surface area contributed by atoms with E-state index >= 15 is 0 Å². The highest BCUT2D eigenvalue weighted by atomic mass is 16.5. The summed E-state index contributed by atoms with van der Waals surface area (Å²) in [6, 6.07) is 4.86. The molecule has 3 atom stereocenters. The second kappa shape index (κ2) is 10.0. The number of imide groups is 1. The number of anilines is 3. The summed E-state index contributed by atoms with van der Waals surface area (Å²) < 4.78 is 7.39. The van der Waals surface area contributed by atoms with Crippen LogP contribution in [0.3, 0.4) is 0 Å². The molecule has 6 heterocycles. The fourth-order valence-electron chi connectivity index (χ4n) is 6.28. The molecule has 4 aromatic heterocycles. The fourth-order valence-corrected chi connectivity index (χ4v) is 6.28. The van der Waals surface area contributed by atoms with Crippen LogP contribution in [0.15, 0.2) is 43.1 Å². The molecule has 2 aliphatic carbocycles. The van der Waals surface area contributed by atoms with Crippen LogP contribution in [-0.2, 0) is 14.3 Å². The number of carbonyl (C=O) groups is 3. The van der Waals surface area contributed by atoms with Gasteiger partial charge in [-0.15, -0.1) is 0 Å². The van der Waals surface area contributed by atoms with E-state index in [0.29, 0.717) is 41.1 Å². The van der Waals surface area contributed by atoms with E-state index < -0.39 is 5.54 Å². The van der Waals surface area contributed by atoms with Crippen molar-refractivity contribution >= 4 is 40.8 Å². The molecule has 4 aliphatic rings. The third-order valence-corrected chi connectivity index (χ3v) is 9.15. The summed E-state index contributed by atoms with van der Waals surface area (Å²) in [6.07, 6.45) is 9.97. The number of urea groups is 1. The predicted molar refractivity (Wildman–Crippen MR) is 162 cm³/mol. The number of aromatic nitrogens is 6. The van der Waals surface area contributed by atoms with Gasteiger partial charge in [-0.25, -0.2) is 29.7 Å². The van der Waals surface area contributed by atoms with E-state index in [1.54, 1.807) is 17.2 Å². The summed E-state index contributed by atoms with van der Waals surface area (Å²) in [5, 5.41) is 6.26. The fraction of sp³-hybridized carbons (Fsp3) is 0.419. The van der Waals surface area contributed by atoms with Gasteiger partial charge in [0.25, 0.3) is 5.91 Å².